The van der Waals surface area contributed by atoms with E-state index < -0.39 is 17.5 Å². The minimum absolute atomic E-state index is 0.226. The molecule has 1 amide bonds. The Bertz CT molecular complexity index is 831. The van der Waals surface area contributed by atoms with Gasteiger partial charge in [0.05, 0.1) is 6.61 Å². The molecule has 0 fully saturated rings. The second-order valence-corrected chi connectivity index (χ2v) is 6.34. The molecule has 6 nitrogen and oxygen atoms in total. The summed E-state index contributed by atoms with van der Waals surface area (Å²) in [6, 6.07) is 13.9. The summed E-state index contributed by atoms with van der Waals surface area (Å²) in [7, 11) is 1.20. The summed E-state index contributed by atoms with van der Waals surface area (Å²) >= 11 is 0. The fourth-order valence-electron chi connectivity index (χ4n) is 2.81. The molecule has 0 saturated carbocycles. The van der Waals surface area contributed by atoms with Gasteiger partial charge in [-0.15, -0.1) is 0 Å². The zero-order chi connectivity index (χ0) is 18.7. The molecule has 3 rings (SSSR count). The standard InChI is InChI=1S/C20H21NO5/c1-20(25-2,19(23)24)18(22)21-12-13-3-5-14(6-4-13)15-7-8-17-16(11-15)9-10-26-17/h3-8,11H,9-10,12H2,1-2H3,(H,21,22)(H,23,24). The van der Waals surface area contributed by atoms with Crippen LogP contribution in [0.5, 0.6) is 5.75 Å². The maximum Gasteiger partial charge on any atom is 0.345 e. The normalized spacial score (nSPS) is 14.8. The van der Waals surface area contributed by atoms with E-state index in [-0.39, 0.29) is 6.54 Å². The summed E-state index contributed by atoms with van der Waals surface area (Å²) in [5.41, 5.74) is 2.37. The molecule has 0 aromatic heterocycles. The van der Waals surface area contributed by atoms with Crippen molar-refractivity contribution in [2.45, 2.75) is 25.5 Å². The first kappa shape index (κ1) is 17.9. The van der Waals surface area contributed by atoms with E-state index in [0.717, 1.165) is 35.5 Å². The smallest absolute Gasteiger partial charge is 0.345 e. The number of rotatable bonds is 6. The molecule has 2 aromatic rings. The third-order valence-corrected chi connectivity index (χ3v) is 4.68. The lowest BCUT2D eigenvalue weighted by molar-refractivity contribution is -0.167. The number of hydrogen-bond donors (Lipinski definition) is 2. The fraction of sp³-hybridized carbons (Fsp3) is 0.300. The number of amides is 1. The van der Waals surface area contributed by atoms with Crippen molar-refractivity contribution >= 4 is 11.9 Å². The predicted octanol–water partition coefficient (Wildman–Crippen LogP) is 2.39. The van der Waals surface area contributed by atoms with Gasteiger partial charge in [0.25, 0.3) is 5.91 Å². The second kappa shape index (κ2) is 7.17. The topological polar surface area (TPSA) is 84.9 Å². The lowest BCUT2D eigenvalue weighted by atomic mass is 10.0. The van der Waals surface area contributed by atoms with Crippen molar-refractivity contribution in [1.29, 1.82) is 0 Å². The molecule has 6 heteroatoms. The zero-order valence-electron chi connectivity index (χ0n) is 14.7. The van der Waals surface area contributed by atoms with Crippen LogP contribution in [0, 0.1) is 0 Å². The highest BCUT2D eigenvalue weighted by atomic mass is 16.5. The molecule has 0 spiro atoms. The molecule has 0 bridgehead atoms. The van der Waals surface area contributed by atoms with E-state index in [4.69, 9.17) is 14.6 Å². The molecular weight excluding hydrogens is 334 g/mol. The Morgan fingerprint density at radius 3 is 2.54 bits per heavy atom. The number of methoxy groups -OCH3 is 1. The number of carboxylic acid groups (broad SMARTS) is 1. The molecule has 1 aliphatic rings. The SMILES string of the molecule is COC(C)(C(=O)O)C(=O)NCc1ccc(-c2ccc3c(c2)CCO3)cc1. The fourth-order valence-corrected chi connectivity index (χ4v) is 2.81. The number of benzene rings is 2. The molecule has 1 atom stereocenters. The third kappa shape index (κ3) is 3.41. The zero-order valence-corrected chi connectivity index (χ0v) is 14.7. The van der Waals surface area contributed by atoms with Gasteiger partial charge in [-0.3, -0.25) is 4.79 Å². The summed E-state index contributed by atoms with van der Waals surface area (Å²) in [6.45, 7) is 2.18. The largest absolute Gasteiger partial charge is 0.493 e. The Hall–Kier alpha value is -2.86. The van der Waals surface area contributed by atoms with E-state index in [1.807, 2.05) is 36.4 Å². The Labute approximate surface area is 151 Å². The molecule has 1 unspecified atom stereocenters. The van der Waals surface area contributed by atoms with Crippen molar-refractivity contribution in [3.05, 3.63) is 53.6 Å². The van der Waals surface area contributed by atoms with Gasteiger partial charge < -0.3 is 19.9 Å². The van der Waals surface area contributed by atoms with E-state index in [9.17, 15) is 9.59 Å². The maximum atomic E-state index is 12.1. The van der Waals surface area contributed by atoms with Crippen molar-refractivity contribution in [1.82, 2.24) is 5.32 Å². The van der Waals surface area contributed by atoms with Crippen molar-refractivity contribution in [3.8, 4) is 16.9 Å². The first-order valence-corrected chi connectivity index (χ1v) is 8.36. The first-order valence-electron chi connectivity index (χ1n) is 8.36. The average Bonchev–Trinajstić information content (AvgIpc) is 3.13. The summed E-state index contributed by atoms with van der Waals surface area (Å²) < 4.78 is 10.4. The first-order chi connectivity index (χ1) is 12.4. The number of fused-ring (bicyclic) bond motifs is 1. The van der Waals surface area contributed by atoms with Gasteiger partial charge in [-0.2, -0.15) is 0 Å². The molecular formula is C20H21NO5. The quantitative estimate of drug-likeness (QED) is 0.777. The number of hydrogen-bond acceptors (Lipinski definition) is 4. The number of ether oxygens (including phenoxy) is 2. The predicted molar refractivity (Wildman–Crippen MR) is 96.0 cm³/mol. The molecule has 2 aromatic carbocycles. The molecule has 0 aliphatic carbocycles. The van der Waals surface area contributed by atoms with Gasteiger partial charge in [-0.1, -0.05) is 30.3 Å². The van der Waals surface area contributed by atoms with Crippen LogP contribution in [-0.2, 0) is 27.3 Å². The minimum Gasteiger partial charge on any atom is -0.493 e. The van der Waals surface area contributed by atoms with Crippen molar-refractivity contribution < 1.29 is 24.2 Å². The van der Waals surface area contributed by atoms with E-state index in [1.54, 1.807) is 0 Å². The van der Waals surface area contributed by atoms with Crippen molar-refractivity contribution in [3.63, 3.8) is 0 Å². The Morgan fingerprint density at radius 1 is 1.19 bits per heavy atom. The molecule has 1 heterocycles. The monoisotopic (exact) mass is 355 g/mol. The summed E-state index contributed by atoms with van der Waals surface area (Å²) in [5, 5.41) is 11.7. The van der Waals surface area contributed by atoms with Crippen LogP contribution in [-0.4, -0.2) is 36.3 Å². The van der Waals surface area contributed by atoms with Gasteiger partial charge in [0.2, 0.25) is 5.60 Å². The lowest BCUT2D eigenvalue weighted by Crippen LogP contribution is -2.51. The van der Waals surface area contributed by atoms with Gasteiger partial charge in [0.15, 0.2) is 0 Å². The second-order valence-electron chi connectivity index (χ2n) is 6.34. The van der Waals surface area contributed by atoms with E-state index in [1.165, 1.54) is 19.6 Å². The highest BCUT2D eigenvalue weighted by molar-refractivity contribution is 6.04. The number of carboxylic acids is 1. The van der Waals surface area contributed by atoms with Crippen LogP contribution in [0.3, 0.4) is 0 Å². The van der Waals surface area contributed by atoms with Gasteiger partial charge in [-0.05, 0) is 41.3 Å². The number of carbonyl (C=O) groups is 2. The molecule has 1 aliphatic heterocycles. The average molecular weight is 355 g/mol. The van der Waals surface area contributed by atoms with E-state index >= 15 is 0 Å². The molecule has 0 radical (unpaired) electrons. The number of carbonyl (C=O) groups excluding carboxylic acids is 1. The molecule has 0 saturated heterocycles. The van der Waals surface area contributed by atoms with Crippen molar-refractivity contribution in [2.24, 2.45) is 0 Å². The van der Waals surface area contributed by atoms with Gasteiger partial charge >= 0.3 is 5.97 Å². The van der Waals surface area contributed by atoms with Gasteiger partial charge in [0, 0.05) is 20.1 Å². The van der Waals surface area contributed by atoms with Crippen molar-refractivity contribution in [2.75, 3.05) is 13.7 Å². The van der Waals surface area contributed by atoms with Crippen LogP contribution in [0.4, 0.5) is 0 Å². The summed E-state index contributed by atoms with van der Waals surface area (Å²) in [4.78, 5) is 23.3. The van der Waals surface area contributed by atoms with Gasteiger partial charge in [-0.25, -0.2) is 4.79 Å². The van der Waals surface area contributed by atoms with Crippen LogP contribution in [0.15, 0.2) is 42.5 Å². The lowest BCUT2D eigenvalue weighted by Gasteiger charge is -2.21. The molecule has 2 N–H and O–H groups in total. The third-order valence-electron chi connectivity index (χ3n) is 4.68. The molecule has 136 valence electrons. The van der Waals surface area contributed by atoms with Crippen LogP contribution < -0.4 is 10.1 Å². The maximum absolute atomic E-state index is 12.1. The van der Waals surface area contributed by atoms with Crippen LogP contribution in [0.1, 0.15) is 18.1 Å². The highest BCUT2D eigenvalue weighted by Gasteiger charge is 2.41. The van der Waals surface area contributed by atoms with Crippen LogP contribution >= 0.6 is 0 Å². The Morgan fingerprint density at radius 2 is 1.88 bits per heavy atom. The van der Waals surface area contributed by atoms with Crippen LogP contribution in [0.25, 0.3) is 11.1 Å². The van der Waals surface area contributed by atoms with E-state index in [2.05, 4.69) is 11.4 Å². The number of nitrogens with one attached hydrogen (secondary N) is 1. The summed E-state index contributed by atoms with van der Waals surface area (Å²) in [5.74, 6) is -1.06. The van der Waals surface area contributed by atoms with Crippen LogP contribution in [0.2, 0.25) is 0 Å². The molecule has 26 heavy (non-hydrogen) atoms. The Kier molecular flexibility index (Phi) is 4.95. The minimum atomic E-state index is -1.90. The Balaban J connectivity index is 1.67. The summed E-state index contributed by atoms with van der Waals surface area (Å²) in [6.07, 6.45) is 0.926. The van der Waals surface area contributed by atoms with Gasteiger partial charge in [0.1, 0.15) is 5.75 Å². The highest BCUT2D eigenvalue weighted by Crippen LogP contribution is 2.30. The number of aliphatic carboxylic acids is 1. The van der Waals surface area contributed by atoms with E-state index in [0.29, 0.717) is 0 Å².